The SMILES string of the molecule is CC1=C(C#N)c2cccc(=O)cc2C1=O. The van der Waals surface area contributed by atoms with Crippen molar-refractivity contribution in [1.82, 2.24) is 0 Å². The van der Waals surface area contributed by atoms with Gasteiger partial charge in [-0.05, 0) is 19.1 Å². The molecule has 1 aliphatic carbocycles. The van der Waals surface area contributed by atoms with E-state index in [2.05, 4.69) is 0 Å². The fraction of sp³-hybridized carbons (Fsp3) is 0.0833. The largest absolute Gasteiger partial charge is 0.290 e. The topological polar surface area (TPSA) is 57.9 Å². The normalized spacial score (nSPS) is 13.7. The number of ketones is 1. The lowest BCUT2D eigenvalue weighted by molar-refractivity contribution is 0.103. The summed E-state index contributed by atoms with van der Waals surface area (Å²) in [5.41, 5.74) is 1.45. The van der Waals surface area contributed by atoms with Gasteiger partial charge < -0.3 is 0 Å². The molecule has 0 atom stereocenters. The van der Waals surface area contributed by atoms with Crippen molar-refractivity contribution in [3.63, 3.8) is 0 Å². The number of rotatable bonds is 0. The van der Waals surface area contributed by atoms with Crippen LogP contribution in [0.25, 0.3) is 5.57 Å². The maximum Gasteiger partial charge on any atom is 0.190 e. The summed E-state index contributed by atoms with van der Waals surface area (Å²) in [4.78, 5) is 22.9. The summed E-state index contributed by atoms with van der Waals surface area (Å²) in [7, 11) is 0. The summed E-state index contributed by atoms with van der Waals surface area (Å²) in [6, 6.07) is 7.83. The number of carbonyl (C=O) groups excluding carboxylic acids is 1. The van der Waals surface area contributed by atoms with E-state index >= 15 is 0 Å². The van der Waals surface area contributed by atoms with Crippen LogP contribution in [-0.4, -0.2) is 5.78 Å². The fourth-order valence-corrected chi connectivity index (χ4v) is 1.66. The molecule has 0 saturated heterocycles. The van der Waals surface area contributed by atoms with Crippen LogP contribution in [0, 0.1) is 11.3 Å². The number of allylic oxidation sites excluding steroid dienone is 2. The van der Waals surface area contributed by atoms with Crippen LogP contribution in [0.2, 0.25) is 0 Å². The molecule has 0 spiro atoms. The molecule has 0 unspecified atom stereocenters. The van der Waals surface area contributed by atoms with E-state index in [1.54, 1.807) is 19.1 Å². The smallest absolute Gasteiger partial charge is 0.190 e. The van der Waals surface area contributed by atoms with Gasteiger partial charge in [0, 0.05) is 16.7 Å². The zero-order valence-corrected chi connectivity index (χ0v) is 8.07. The molecule has 0 bridgehead atoms. The van der Waals surface area contributed by atoms with E-state index in [9.17, 15) is 9.59 Å². The van der Waals surface area contributed by atoms with Crippen LogP contribution in [0.1, 0.15) is 22.8 Å². The van der Waals surface area contributed by atoms with Crippen LogP contribution in [0.5, 0.6) is 0 Å². The summed E-state index contributed by atoms with van der Waals surface area (Å²) < 4.78 is 0. The molecule has 15 heavy (non-hydrogen) atoms. The Kier molecular flexibility index (Phi) is 1.98. The molecule has 0 fully saturated rings. The van der Waals surface area contributed by atoms with Crippen molar-refractivity contribution in [3.05, 3.63) is 51.2 Å². The maximum absolute atomic E-state index is 11.7. The molecule has 1 aromatic carbocycles. The van der Waals surface area contributed by atoms with Crippen LogP contribution >= 0.6 is 0 Å². The second-order valence-electron chi connectivity index (χ2n) is 3.34. The molecule has 1 aromatic rings. The van der Waals surface area contributed by atoms with E-state index in [0.717, 1.165) is 0 Å². The van der Waals surface area contributed by atoms with Gasteiger partial charge >= 0.3 is 0 Å². The van der Waals surface area contributed by atoms with Gasteiger partial charge in [-0.1, -0.05) is 12.1 Å². The monoisotopic (exact) mass is 197 g/mol. The second-order valence-corrected chi connectivity index (χ2v) is 3.34. The van der Waals surface area contributed by atoms with E-state index < -0.39 is 0 Å². The van der Waals surface area contributed by atoms with E-state index in [4.69, 9.17) is 5.26 Å². The van der Waals surface area contributed by atoms with Crippen molar-refractivity contribution in [2.75, 3.05) is 0 Å². The average Bonchev–Trinajstić information content (AvgIpc) is 2.40. The number of hydrogen-bond donors (Lipinski definition) is 0. The molecule has 2 rings (SSSR count). The maximum atomic E-state index is 11.7. The minimum absolute atomic E-state index is 0.225. The molecule has 3 nitrogen and oxygen atoms in total. The van der Waals surface area contributed by atoms with Gasteiger partial charge in [-0.15, -0.1) is 0 Å². The van der Waals surface area contributed by atoms with Gasteiger partial charge in [-0.3, -0.25) is 9.59 Å². The van der Waals surface area contributed by atoms with E-state index in [-0.39, 0.29) is 11.2 Å². The highest BCUT2D eigenvalue weighted by molar-refractivity contribution is 6.22. The zero-order chi connectivity index (χ0) is 11.0. The van der Waals surface area contributed by atoms with Gasteiger partial charge in [-0.2, -0.15) is 5.26 Å². The molecular weight excluding hydrogens is 190 g/mol. The predicted molar refractivity (Wildman–Crippen MR) is 55.2 cm³/mol. The molecule has 3 heteroatoms. The molecule has 0 amide bonds. The Balaban J connectivity index is 2.87. The number of carbonyl (C=O) groups is 1. The van der Waals surface area contributed by atoms with Gasteiger partial charge in [0.05, 0.1) is 5.57 Å². The lowest BCUT2D eigenvalue weighted by atomic mass is 10.1. The third-order valence-corrected chi connectivity index (χ3v) is 2.44. The second kappa shape index (κ2) is 3.18. The summed E-state index contributed by atoms with van der Waals surface area (Å²) in [6.45, 7) is 1.60. The lowest BCUT2D eigenvalue weighted by Crippen LogP contribution is -1.99. The fourth-order valence-electron chi connectivity index (χ4n) is 1.66. The molecule has 0 radical (unpaired) electrons. The summed E-state index contributed by atoms with van der Waals surface area (Å²) in [5.74, 6) is -0.227. The van der Waals surface area contributed by atoms with Crippen molar-refractivity contribution < 1.29 is 4.79 Å². The highest BCUT2D eigenvalue weighted by Crippen LogP contribution is 2.30. The van der Waals surface area contributed by atoms with Crippen LogP contribution in [0.15, 0.2) is 34.6 Å². The molecule has 0 saturated carbocycles. The van der Waals surface area contributed by atoms with Crippen LogP contribution < -0.4 is 5.43 Å². The number of nitriles is 1. The Morgan fingerprint density at radius 2 is 1.93 bits per heavy atom. The van der Waals surface area contributed by atoms with Crippen molar-refractivity contribution in [1.29, 1.82) is 5.26 Å². The minimum Gasteiger partial charge on any atom is -0.290 e. The van der Waals surface area contributed by atoms with Crippen molar-refractivity contribution in [3.8, 4) is 6.07 Å². The van der Waals surface area contributed by atoms with E-state index in [1.165, 1.54) is 12.1 Å². The van der Waals surface area contributed by atoms with Gasteiger partial charge in [0.1, 0.15) is 6.07 Å². The molecule has 0 aromatic heterocycles. The summed E-state index contributed by atoms with van der Waals surface area (Å²) in [5, 5.41) is 8.91. The van der Waals surface area contributed by atoms with Gasteiger partial charge in [0.25, 0.3) is 0 Å². The Morgan fingerprint density at radius 3 is 2.60 bits per heavy atom. The van der Waals surface area contributed by atoms with Crippen LogP contribution in [0.4, 0.5) is 0 Å². The average molecular weight is 197 g/mol. The van der Waals surface area contributed by atoms with Crippen molar-refractivity contribution >= 4 is 11.4 Å². The highest BCUT2D eigenvalue weighted by Gasteiger charge is 2.25. The molecule has 0 aliphatic heterocycles. The zero-order valence-electron chi connectivity index (χ0n) is 8.07. The van der Waals surface area contributed by atoms with Gasteiger partial charge in [0.2, 0.25) is 0 Å². The van der Waals surface area contributed by atoms with Crippen LogP contribution in [0.3, 0.4) is 0 Å². The molecule has 1 aliphatic rings. The minimum atomic E-state index is -0.227. The van der Waals surface area contributed by atoms with E-state index in [0.29, 0.717) is 22.3 Å². The lowest BCUT2D eigenvalue weighted by Gasteiger charge is -1.89. The molecule has 0 N–H and O–H groups in total. The van der Waals surface area contributed by atoms with Crippen LogP contribution in [-0.2, 0) is 0 Å². The van der Waals surface area contributed by atoms with Gasteiger partial charge in [0.15, 0.2) is 11.2 Å². The Labute approximate surface area is 86.3 Å². The number of Topliss-reactive ketones (excluding diaryl/α,β-unsaturated/α-hetero) is 1. The quantitative estimate of drug-likeness (QED) is 0.633. The number of nitrogens with zero attached hydrogens (tertiary/aromatic N) is 1. The van der Waals surface area contributed by atoms with Crippen molar-refractivity contribution in [2.45, 2.75) is 6.92 Å². The number of fused-ring (bicyclic) bond motifs is 1. The molecule has 0 heterocycles. The van der Waals surface area contributed by atoms with Crippen molar-refractivity contribution in [2.24, 2.45) is 0 Å². The third kappa shape index (κ3) is 1.27. The molecular formula is C12H7NO2. The first-order valence-electron chi connectivity index (χ1n) is 4.45. The first-order chi connectivity index (χ1) is 7.15. The van der Waals surface area contributed by atoms with Gasteiger partial charge in [-0.25, -0.2) is 0 Å². The first-order valence-corrected chi connectivity index (χ1v) is 4.45. The standard InChI is InChI=1S/C12H7NO2/c1-7-11(6-13)9-4-2-3-8(14)5-10(9)12(7)15/h2-5H,1H3. The molecule has 72 valence electrons. The van der Waals surface area contributed by atoms with E-state index in [1.807, 2.05) is 6.07 Å². The number of hydrogen-bond acceptors (Lipinski definition) is 3. The highest BCUT2D eigenvalue weighted by atomic mass is 16.1. The Bertz CT molecular complexity index is 591. The Morgan fingerprint density at radius 1 is 1.20 bits per heavy atom. The summed E-state index contributed by atoms with van der Waals surface area (Å²) in [6.07, 6.45) is 0. The summed E-state index contributed by atoms with van der Waals surface area (Å²) >= 11 is 0. The first kappa shape index (κ1) is 9.35. The third-order valence-electron chi connectivity index (χ3n) is 2.44. The predicted octanol–water partition coefficient (Wildman–Crippen LogP) is 1.54. The Hall–Kier alpha value is -2.21.